The maximum absolute atomic E-state index is 13.7. The van der Waals surface area contributed by atoms with Gasteiger partial charge in [0.2, 0.25) is 11.8 Å². The lowest BCUT2D eigenvalue weighted by molar-refractivity contribution is -0.183. The van der Waals surface area contributed by atoms with Gasteiger partial charge in [-0.1, -0.05) is 43.5 Å². The van der Waals surface area contributed by atoms with Crippen LogP contribution in [0.3, 0.4) is 0 Å². The van der Waals surface area contributed by atoms with Gasteiger partial charge in [-0.3, -0.25) is 24.1 Å². The average molecular weight is 523 g/mol. The van der Waals surface area contributed by atoms with Gasteiger partial charge in [0.05, 0.1) is 12.0 Å². The van der Waals surface area contributed by atoms with Gasteiger partial charge in [-0.05, 0) is 54.7 Å². The van der Waals surface area contributed by atoms with Crippen LogP contribution in [0.4, 0.5) is 10.1 Å². The number of hydrogen-bond donors (Lipinski definition) is 1. The zero-order valence-corrected chi connectivity index (χ0v) is 21.9. The van der Waals surface area contributed by atoms with Crippen molar-refractivity contribution < 1.29 is 23.6 Å². The van der Waals surface area contributed by atoms with Crippen LogP contribution >= 0.6 is 0 Å². The summed E-state index contributed by atoms with van der Waals surface area (Å²) < 4.78 is 13.1. The zero-order chi connectivity index (χ0) is 26.8. The van der Waals surface area contributed by atoms with Crippen LogP contribution in [0.2, 0.25) is 0 Å². The summed E-state index contributed by atoms with van der Waals surface area (Å²) in [7, 11) is 3.90. The average Bonchev–Trinajstić information content (AvgIpc) is 3.40. The number of hydrogen-bond acceptors (Lipinski definition) is 6. The number of hydroxylamine groups is 2. The Balaban J connectivity index is 1.32. The van der Waals surface area contributed by atoms with Gasteiger partial charge in [-0.2, -0.15) is 5.06 Å². The van der Waals surface area contributed by atoms with Crippen molar-refractivity contribution in [1.82, 2.24) is 15.3 Å². The number of carbonyl (C=O) groups excluding carboxylic acids is 3. The van der Waals surface area contributed by atoms with Crippen LogP contribution < -0.4 is 10.2 Å². The van der Waals surface area contributed by atoms with Gasteiger partial charge in [0, 0.05) is 32.4 Å². The molecule has 3 unspecified atom stereocenters. The topological polar surface area (TPSA) is 82.2 Å². The fraction of sp³-hybridized carbons (Fsp3) is 0.483. The minimum atomic E-state index is -0.921. The molecule has 0 aromatic heterocycles. The van der Waals surface area contributed by atoms with Gasteiger partial charge < -0.3 is 10.2 Å². The molecule has 5 rings (SSSR count). The molecule has 202 valence electrons. The predicted octanol–water partition coefficient (Wildman–Crippen LogP) is 3.23. The smallest absolute Gasteiger partial charge is 0.261 e. The van der Waals surface area contributed by atoms with Crippen molar-refractivity contribution in [3.63, 3.8) is 0 Å². The van der Waals surface area contributed by atoms with E-state index in [4.69, 9.17) is 4.84 Å². The monoisotopic (exact) mass is 522 g/mol. The van der Waals surface area contributed by atoms with Crippen molar-refractivity contribution in [1.29, 1.82) is 0 Å². The molecule has 2 heterocycles. The number of carbonyl (C=O) groups is 3. The maximum Gasteiger partial charge on any atom is 0.261 e. The number of fused-ring (bicyclic) bond motifs is 1. The number of nitrogens with zero attached hydrogens (tertiary/aromatic N) is 3. The van der Waals surface area contributed by atoms with Crippen LogP contribution in [0.1, 0.15) is 49.3 Å². The van der Waals surface area contributed by atoms with Crippen molar-refractivity contribution in [2.45, 2.75) is 56.7 Å². The van der Waals surface area contributed by atoms with Crippen molar-refractivity contribution in [2.24, 2.45) is 5.92 Å². The van der Waals surface area contributed by atoms with Gasteiger partial charge in [0.25, 0.3) is 5.91 Å². The molecule has 0 spiro atoms. The van der Waals surface area contributed by atoms with E-state index >= 15 is 0 Å². The van der Waals surface area contributed by atoms with E-state index in [0.717, 1.165) is 48.9 Å². The van der Waals surface area contributed by atoms with Gasteiger partial charge in [-0.25, -0.2) is 4.39 Å². The third-order valence-corrected chi connectivity index (χ3v) is 7.87. The lowest BCUT2D eigenvalue weighted by Gasteiger charge is -2.32. The molecular weight excluding hydrogens is 487 g/mol. The van der Waals surface area contributed by atoms with Crippen molar-refractivity contribution >= 4 is 23.4 Å². The van der Waals surface area contributed by atoms with Crippen LogP contribution in [0.5, 0.6) is 0 Å². The lowest BCUT2D eigenvalue weighted by atomic mass is 9.90. The van der Waals surface area contributed by atoms with Crippen LogP contribution in [-0.2, 0) is 25.6 Å². The molecule has 1 N–H and O–H groups in total. The van der Waals surface area contributed by atoms with Gasteiger partial charge >= 0.3 is 0 Å². The summed E-state index contributed by atoms with van der Waals surface area (Å²) in [6.45, 7) is 0.265. The largest absolute Gasteiger partial charge is 0.378 e. The third kappa shape index (κ3) is 5.31. The SMILES string of the molecule is CN(C)c1ccc(C2C3C(=O)N(C4CCCCC4)C(=O)C3ON2CC(=O)NCCc2ccc(F)cc2)cc1. The normalized spacial score (nSPS) is 24.1. The molecule has 2 aliphatic heterocycles. The summed E-state index contributed by atoms with van der Waals surface area (Å²) >= 11 is 0. The first-order valence-electron chi connectivity index (χ1n) is 13.4. The first kappa shape index (κ1) is 26.3. The number of likely N-dealkylation sites (tertiary alicyclic amines) is 1. The van der Waals surface area contributed by atoms with E-state index in [9.17, 15) is 18.8 Å². The molecule has 2 saturated heterocycles. The molecule has 9 heteroatoms. The Hall–Kier alpha value is -3.30. The van der Waals surface area contributed by atoms with Gasteiger partial charge in [-0.15, -0.1) is 0 Å². The first-order valence-corrected chi connectivity index (χ1v) is 13.4. The van der Waals surface area contributed by atoms with Crippen LogP contribution in [0, 0.1) is 11.7 Å². The van der Waals surface area contributed by atoms with Crippen molar-refractivity contribution in [3.8, 4) is 0 Å². The van der Waals surface area contributed by atoms with Crippen LogP contribution in [0.15, 0.2) is 48.5 Å². The van der Waals surface area contributed by atoms with Crippen molar-refractivity contribution in [3.05, 3.63) is 65.5 Å². The Morgan fingerprint density at radius 2 is 1.68 bits per heavy atom. The molecule has 2 aromatic carbocycles. The van der Waals surface area contributed by atoms with Crippen LogP contribution in [0.25, 0.3) is 0 Å². The maximum atomic E-state index is 13.7. The fourth-order valence-electron chi connectivity index (χ4n) is 5.86. The Labute approximate surface area is 222 Å². The molecule has 1 saturated carbocycles. The number of nitrogens with one attached hydrogen (secondary N) is 1. The van der Waals surface area contributed by atoms with Gasteiger partial charge in [0.1, 0.15) is 12.4 Å². The number of imide groups is 1. The van der Waals surface area contributed by atoms with Crippen molar-refractivity contribution in [2.75, 3.05) is 32.1 Å². The number of halogens is 1. The predicted molar refractivity (Wildman–Crippen MR) is 140 cm³/mol. The molecule has 1 aliphatic carbocycles. The highest BCUT2D eigenvalue weighted by Gasteiger charge is 2.60. The van der Waals surface area contributed by atoms with Crippen LogP contribution in [-0.4, -0.2) is 67.0 Å². The number of benzene rings is 2. The van der Waals surface area contributed by atoms with E-state index in [1.165, 1.54) is 22.1 Å². The molecule has 2 aromatic rings. The Bertz CT molecular complexity index is 1160. The minimum Gasteiger partial charge on any atom is -0.378 e. The van der Waals surface area contributed by atoms with E-state index in [1.54, 1.807) is 12.1 Å². The molecule has 3 aliphatic rings. The molecule has 38 heavy (non-hydrogen) atoms. The fourth-order valence-corrected chi connectivity index (χ4v) is 5.86. The molecule has 0 bridgehead atoms. The summed E-state index contributed by atoms with van der Waals surface area (Å²) in [5.41, 5.74) is 2.75. The number of amides is 3. The molecule has 3 atom stereocenters. The summed E-state index contributed by atoms with van der Waals surface area (Å²) in [6.07, 6.45) is 4.45. The Morgan fingerprint density at radius 1 is 1.00 bits per heavy atom. The first-order chi connectivity index (χ1) is 18.3. The molecule has 3 amide bonds. The van der Waals surface area contributed by atoms with E-state index in [1.807, 2.05) is 43.3 Å². The van der Waals surface area contributed by atoms with Gasteiger partial charge in [0.15, 0.2) is 6.10 Å². The van der Waals surface area contributed by atoms with E-state index in [2.05, 4.69) is 5.32 Å². The summed E-state index contributed by atoms with van der Waals surface area (Å²) in [6, 6.07) is 13.3. The zero-order valence-electron chi connectivity index (χ0n) is 21.9. The Morgan fingerprint density at radius 3 is 2.34 bits per heavy atom. The second-order valence-corrected chi connectivity index (χ2v) is 10.6. The Kier molecular flexibility index (Phi) is 7.76. The standard InChI is InChI=1S/C29H35FN4O4/c1-32(2)22-14-10-20(11-15-22)26-25-27(29(37)34(28(25)36)23-6-4-3-5-7-23)38-33(26)18-24(35)31-17-16-19-8-12-21(30)13-9-19/h8-15,23,25-27H,3-7,16-18H2,1-2H3,(H,31,35). The highest BCUT2D eigenvalue weighted by molar-refractivity contribution is 6.07. The minimum absolute atomic E-state index is 0.0714. The molecule has 3 fully saturated rings. The highest BCUT2D eigenvalue weighted by atomic mass is 19.1. The number of rotatable bonds is 8. The third-order valence-electron chi connectivity index (χ3n) is 7.87. The molecular formula is C29H35FN4O4. The summed E-state index contributed by atoms with van der Waals surface area (Å²) in [4.78, 5) is 49.5. The lowest BCUT2D eigenvalue weighted by Crippen LogP contribution is -2.45. The second-order valence-electron chi connectivity index (χ2n) is 10.6. The summed E-state index contributed by atoms with van der Waals surface area (Å²) in [5.74, 6) is -1.76. The highest BCUT2D eigenvalue weighted by Crippen LogP contribution is 2.46. The van der Waals surface area contributed by atoms with E-state index < -0.39 is 18.1 Å². The van der Waals surface area contributed by atoms with E-state index in [0.29, 0.717) is 13.0 Å². The van der Waals surface area contributed by atoms with E-state index in [-0.39, 0.29) is 36.1 Å². The molecule has 8 nitrogen and oxygen atoms in total. The number of anilines is 1. The quantitative estimate of drug-likeness (QED) is 0.537. The summed E-state index contributed by atoms with van der Waals surface area (Å²) in [5, 5.41) is 4.38. The second kappa shape index (κ2) is 11.2. The molecule has 0 radical (unpaired) electrons.